The third-order valence-electron chi connectivity index (χ3n) is 9.13. The monoisotopic (exact) mass is 681 g/mol. The van der Waals surface area contributed by atoms with E-state index in [0.717, 1.165) is 29.8 Å². The van der Waals surface area contributed by atoms with E-state index in [9.17, 15) is 22.4 Å². The molecular formula is C35H44FN5O6S. The number of unbranched alkanes of at least 4 members (excludes halogenated alkanes) is 1. The molecule has 2 aliphatic heterocycles. The molecule has 48 heavy (non-hydrogen) atoms. The zero-order valence-corrected chi connectivity index (χ0v) is 28.9. The number of carbonyl (C=O) groups excluding carboxylic acids is 2. The van der Waals surface area contributed by atoms with Gasteiger partial charge in [0.15, 0.2) is 5.82 Å². The number of aromatic nitrogens is 1. The Bertz CT molecular complexity index is 1780. The number of alkyl halides is 1. The van der Waals surface area contributed by atoms with Crippen LogP contribution in [0.15, 0.2) is 56.9 Å². The van der Waals surface area contributed by atoms with Crippen molar-refractivity contribution in [3.63, 3.8) is 0 Å². The number of likely N-dealkylation sites (tertiary alicyclic amines) is 1. The van der Waals surface area contributed by atoms with Gasteiger partial charge in [0.2, 0.25) is 5.91 Å². The number of anilines is 1. The number of benzene rings is 2. The maximum Gasteiger partial charge on any atom is 0.263 e. The van der Waals surface area contributed by atoms with E-state index in [0.29, 0.717) is 68.0 Å². The molecule has 3 aromatic rings. The summed E-state index contributed by atoms with van der Waals surface area (Å²) in [5.41, 5.74) is 2.50. The normalized spacial score (nSPS) is 16.1. The number of carbonyl (C=O) groups is 2. The summed E-state index contributed by atoms with van der Waals surface area (Å²) in [7, 11) is -4.04. The molecule has 0 atom stereocenters. The van der Waals surface area contributed by atoms with E-state index in [-0.39, 0.29) is 35.6 Å². The summed E-state index contributed by atoms with van der Waals surface area (Å²) in [5.74, 6) is 1.08. The first kappa shape index (κ1) is 35.2. The Balaban J connectivity index is 1.44. The summed E-state index contributed by atoms with van der Waals surface area (Å²) in [4.78, 5) is 34.9. The molecule has 258 valence electrons. The number of aryl methyl sites for hydroxylation is 1. The number of amides is 2. The number of amidine groups is 1. The van der Waals surface area contributed by atoms with Crippen molar-refractivity contribution in [1.29, 1.82) is 0 Å². The number of piperidine rings is 1. The quantitative estimate of drug-likeness (QED) is 0.222. The standard InChI is InChI=1S/C35H44FN5O6S/c1-5-7-12-31-37-35(16-19-40(20-17-35)32(42)15-18-36)34(43)41(31)22-26-13-14-28(27(21-26)23-46-6-2)29-10-8-9-11-30(29)48(44,45)39-33-24(3)25(4)47-38-33/h8-11,13-14,21H,5-7,12,15-20,22-23H2,1-4H3,(H,38,39). The molecule has 1 N–H and O–H groups in total. The van der Waals surface area contributed by atoms with Crippen molar-refractivity contribution in [2.75, 3.05) is 31.1 Å². The second-order valence-electron chi connectivity index (χ2n) is 12.3. The summed E-state index contributed by atoms with van der Waals surface area (Å²) in [6.07, 6.45) is 3.13. The molecule has 0 unspecified atom stereocenters. The molecule has 0 saturated carbocycles. The van der Waals surface area contributed by atoms with Gasteiger partial charge in [0, 0.05) is 37.2 Å². The minimum absolute atomic E-state index is 0.0810. The van der Waals surface area contributed by atoms with Crippen LogP contribution in [0.2, 0.25) is 0 Å². The molecule has 3 heterocycles. The number of hydrogen-bond donors (Lipinski definition) is 1. The fourth-order valence-corrected chi connectivity index (χ4v) is 7.52. The molecular weight excluding hydrogens is 637 g/mol. The Hall–Kier alpha value is -4.10. The van der Waals surface area contributed by atoms with Gasteiger partial charge < -0.3 is 14.2 Å². The van der Waals surface area contributed by atoms with Gasteiger partial charge in [-0.1, -0.05) is 54.9 Å². The fraction of sp³-hybridized carbons (Fsp3) is 0.486. The van der Waals surface area contributed by atoms with Gasteiger partial charge in [-0.2, -0.15) is 0 Å². The predicted octanol–water partition coefficient (Wildman–Crippen LogP) is 5.95. The number of rotatable bonds is 14. The van der Waals surface area contributed by atoms with Gasteiger partial charge in [-0.25, -0.2) is 8.42 Å². The van der Waals surface area contributed by atoms with Crippen LogP contribution in [0.5, 0.6) is 0 Å². The highest BCUT2D eigenvalue weighted by atomic mass is 32.2. The first-order chi connectivity index (χ1) is 23.0. The number of ether oxygens (including phenoxy) is 1. The lowest BCUT2D eigenvalue weighted by atomic mass is 9.87. The number of halogens is 1. The van der Waals surface area contributed by atoms with Crippen LogP contribution in [0, 0.1) is 13.8 Å². The smallest absolute Gasteiger partial charge is 0.263 e. The van der Waals surface area contributed by atoms with Crippen LogP contribution >= 0.6 is 0 Å². The molecule has 2 amide bonds. The molecule has 1 saturated heterocycles. The lowest BCUT2D eigenvalue weighted by molar-refractivity contribution is -0.138. The summed E-state index contributed by atoms with van der Waals surface area (Å²) in [6, 6.07) is 12.5. The van der Waals surface area contributed by atoms with Crippen LogP contribution in [0.4, 0.5) is 10.2 Å². The highest BCUT2D eigenvalue weighted by molar-refractivity contribution is 7.92. The third-order valence-corrected chi connectivity index (χ3v) is 10.5. The summed E-state index contributed by atoms with van der Waals surface area (Å²) in [6.45, 7) is 8.45. The maximum atomic E-state index is 14.1. The van der Waals surface area contributed by atoms with E-state index in [2.05, 4.69) is 16.8 Å². The van der Waals surface area contributed by atoms with Crippen LogP contribution in [-0.4, -0.2) is 72.9 Å². The minimum atomic E-state index is -4.04. The number of nitrogens with zero attached hydrogens (tertiary/aromatic N) is 4. The molecule has 1 aromatic heterocycles. The van der Waals surface area contributed by atoms with Crippen molar-refractivity contribution in [3.05, 3.63) is 64.9 Å². The van der Waals surface area contributed by atoms with E-state index in [1.54, 1.807) is 47.9 Å². The molecule has 0 aliphatic carbocycles. The third kappa shape index (κ3) is 7.31. The van der Waals surface area contributed by atoms with Crippen molar-refractivity contribution >= 4 is 33.5 Å². The molecule has 0 bridgehead atoms. The molecule has 2 aromatic carbocycles. The van der Waals surface area contributed by atoms with E-state index < -0.39 is 22.2 Å². The van der Waals surface area contributed by atoms with Crippen molar-refractivity contribution < 1.29 is 31.7 Å². The average molecular weight is 682 g/mol. The molecule has 1 fully saturated rings. The summed E-state index contributed by atoms with van der Waals surface area (Å²) in [5, 5.41) is 3.87. The van der Waals surface area contributed by atoms with Gasteiger partial charge in [-0.05, 0) is 62.8 Å². The first-order valence-corrected chi connectivity index (χ1v) is 18.0. The van der Waals surface area contributed by atoms with E-state index >= 15 is 0 Å². The summed E-state index contributed by atoms with van der Waals surface area (Å²) < 4.78 is 53.7. The zero-order valence-electron chi connectivity index (χ0n) is 28.1. The average Bonchev–Trinajstić information content (AvgIpc) is 3.52. The van der Waals surface area contributed by atoms with Gasteiger partial charge in [-0.15, -0.1) is 0 Å². The zero-order chi connectivity index (χ0) is 34.5. The summed E-state index contributed by atoms with van der Waals surface area (Å²) >= 11 is 0. The van der Waals surface area contributed by atoms with Crippen LogP contribution in [-0.2, 0) is 37.5 Å². The Morgan fingerprint density at radius 3 is 2.52 bits per heavy atom. The SMILES string of the molecule is CCCCC1=NC2(CCN(C(=O)CCF)CC2)C(=O)N1Cc1ccc(-c2ccccc2S(=O)(=O)Nc2noc(C)c2C)c(COCC)c1. The van der Waals surface area contributed by atoms with Gasteiger partial charge in [0.25, 0.3) is 15.9 Å². The minimum Gasteiger partial charge on any atom is -0.377 e. The molecule has 2 aliphatic rings. The Labute approximate surface area is 281 Å². The van der Waals surface area contributed by atoms with Crippen LogP contribution in [0.3, 0.4) is 0 Å². The molecule has 5 rings (SSSR count). The van der Waals surface area contributed by atoms with Crippen LogP contribution in [0.25, 0.3) is 11.1 Å². The molecule has 1 spiro atoms. The van der Waals surface area contributed by atoms with Crippen molar-refractivity contribution in [2.45, 2.75) is 89.8 Å². The molecule has 13 heteroatoms. The van der Waals surface area contributed by atoms with Crippen LogP contribution in [0.1, 0.15) is 74.8 Å². The lowest BCUT2D eigenvalue weighted by Crippen LogP contribution is -2.51. The number of hydrogen-bond acceptors (Lipinski definition) is 8. The Kier molecular flexibility index (Phi) is 11.0. The van der Waals surface area contributed by atoms with Gasteiger partial charge in [-0.3, -0.25) is 28.6 Å². The maximum absolute atomic E-state index is 14.1. The van der Waals surface area contributed by atoms with E-state index in [4.69, 9.17) is 14.3 Å². The van der Waals surface area contributed by atoms with Crippen molar-refractivity contribution in [2.24, 2.45) is 4.99 Å². The second kappa shape index (κ2) is 15.0. The fourth-order valence-electron chi connectivity index (χ4n) is 6.24. The van der Waals surface area contributed by atoms with Gasteiger partial charge in [0.1, 0.15) is 17.1 Å². The largest absolute Gasteiger partial charge is 0.377 e. The highest BCUT2D eigenvalue weighted by Gasteiger charge is 2.49. The predicted molar refractivity (Wildman–Crippen MR) is 181 cm³/mol. The first-order valence-electron chi connectivity index (χ1n) is 16.5. The number of nitrogens with one attached hydrogen (secondary N) is 1. The van der Waals surface area contributed by atoms with Crippen LogP contribution < -0.4 is 4.72 Å². The number of sulfonamides is 1. The van der Waals surface area contributed by atoms with E-state index in [1.807, 2.05) is 25.1 Å². The van der Waals surface area contributed by atoms with Gasteiger partial charge in [0.05, 0.1) is 31.1 Å². The van der Waals surface area contributed by atoms with E-state index in [1.165, 1.54) is 0 Å². The Morgan fingerprint density at radius 1 is 1.10 bits per heavy atom. The second-order valence-corrected chi connectivity index (χ2v) is 14.0. The highest BCUT2D eigenvalue weighted by Crippen LogP contribution is 2.37. The van der Waals surface area contributed by atoms with Crippen molar-refractivity contribution in [3.8, 4) is 11.1 Å². The Morgan fingerprint density at radius 2 is 1.85 bits per heavy atom. The van der Waals surface area contributed by atoms with Gasteiger partial charge >= 0.3 is 0 Å². The molecule has 11 nitrogen and oxygen atoms in total. The molecule has 0 radical (unpaired) electrons. The topological polar surface area (TPSA) is 134 Å². The van der Waals surface area contributed by atoms with Crippen molar-refractivity contribution in [1.82, 2.24) is 15.0 Å². The number of aliphatic imine (C=N–C) groups is 1. The lowest BCUT2D eigenvalue weighted by Gasteiger charge is -2.36.